The van der Waals surface area contributed by atoms with Crippen LogP contribution in [0.3, 0.4) is 0 Å². The SMILES string of the molecule is CC(CNC=N)OCC1=C(C(=O)O)N2C(=O)C(C(C)O)C2C1. The normalized spacial score (nSPS) is 26.3. The molecule has 8 heteroatoms. The third-order valence-electron chi connectivity index (χ3n) is 4.07. The second kappa shape index (κ2) is 6.45. The summed E-state index contributed by atoms with van der Waals surface area (Å²) < 4.78 is 5.58. The van der Waals surface area contributed by atoms with Crippen molar-refractivity contribution in [2.75, 3.05) is 13.2 Å². The summed E-state index contributed by atoms with van der Waals surface area (Å²) in [6.07, 6.45) is 0.489. The van der Waals surface area contributed by atoms with Crippen LogP contribution < -0.4 is 5.32 Å². The number of nitrogens with one attached hydrogen (secondary N) is 2. The molecular formula is C14H21N3O5. The number of fused-ring (bicyclic) bond motifs is 1. The number of aliphatic hydroxyl groups is 1. The van der Waals surface area contributed by atoms with Crippen molar-refractivity contribution in [1.82, 2.24) is 10.2 Å². The first-order valence-electron chi connectivity index (χ1n) is 7.18. The van der Waals surface area contributed by atoms with Gasteiger partial charge in [0.25, 0.3) is 0 Å². The van der Waals surface area contributed by atoms with Crippen molar-refractivity contribution in [2.45, 2.75) is 38.5 Å². The van der Waals surface area contributed by atoms with Gasteiger partial charge in [-0.15, -0.1) is 0 Å². The Morgan fingerprint density at radius 3 is 2.82 bits per heavy atom. The van der Waals surface area contributed by atoms with Crippen LogP contribution in [-0.2, 0) is 14.3 Å². The third-order valence-corrected chi connectivity index (χ3v) is 4.07. The molecule has 0 bridgehead atoms. The molecule has 0 aromatic heterocycles. The van der Waals surface area contributed by atoms with Crippen molar-refractivity contribution >= 4 is 18.2 Å². The van der Waals surface area contributed by atoms with Crippen LogP contribution in [0.2, 0.25) is 0 Å². The molecule has 4 atom stereocenters. The van der Waals surface area contributed by atoms with Gasteiger partial charge in [-0.05, 0) is 25.8 Å². The minimum Gasteiger partial charge on any atom is -0.477 e. The summed E-state index contributed by atoms with van der Waals surface area (Å²) in [6.45, 7) is 3.92. The average molecular weight is 311 g/mol. The fraction of sp³-hybridized carbons (Fsp3) is 0.643. The summed E-state index contributed by atoms with van der Waals surface area (Å²) in [5.41, 5.74) is 0.551. The van der Waals surface area contributed by atoms with Gasteiger partial charge in [0.15, 0.2) is 0 Å². The number of carbonyl (C=O) groups is 2. The Hall–Kier alpha value is -1.93. The van der Waals surface area contributed by atoms with Gasteiger partial charge in [0.05, 0.1) is 37.1 Å². The van der Waals surface area contributed by atoms with Crippen LogP contribution >= 0.6 is 0 Å². The lowest BCUT2D eigenvalue weighted by Gasteiger charge is -2.44. The largest absolute Gasteiger partial charge is 0.477 e. The lowest BCUT2D eigenvalue weighted by Crippen LogP contribution is -2.61. The predicted molar refractivity (Wildman–Crippen MR) is 77.3 cm³/mol. The number of ether oxygens (including phenoxy) is 1. The number of aliphatic carboxylic acids is 1. The van der Waals surface area contributed by atoms with Crippen LogP contribution in [0.15, 0.2) is 11.3 Å². The molecule has 2 heterocycles. The second-order valence-corrected chi connectivity index (χ2v) is 5.68. The van der Waals surface area contributed by atoms with Crippen molar-refractivity contribution in [3.63, 3.8) is 0 Å². The number of nitrogens with zero attached hydrogens (tertiary/aromatic N) is 1. The van der Waals surface area contributed by atoms with E-state index in [2.05, 4.69) is 5.32 Å². The zero-order valence-corrected chi connectivity index (χ0v) is 12.6. The van der Waals surface area contributed by atoms with Crippen molar-refractivity contribution in [3.8, 4) is 0 Å². The Balaban J connectivity index is 2.05. The van der Waals surface area contributed by atoms with Gasteiger partial charge in [-0.2, -0.15) is 0 Å². The van der Waals surface area contributed by atoms with E-state index in [-0.39, 0.29) is 30.4 Å². The van der Waals surface area contributed by atoms with E-state index in [1.54, 1.807) is 6.92 Å². The molecule has 22 heavy (non-hydrogen) atoms. The van der Waals surface area contributed by atoms with Gasteiger partial charge >= 0.3 is 5.97 Å². The highest BCUT2D eigenvalue weighted by atomic mass is 16.5. The molecule has 0 aliphatic carbocycles. The van der Waals surface area contributed by atoms with Gasteiger partial charge in [-0.3, -0.25) is 10.2 Å². The lowest BCUT2D eigenvalue weighted by atomic mass is 9.83. The van der Waals surface area contributed by atoms with E-state index >= 15 is 0 Å². The first-order valence-corrected chi connectivity index (χ1v) is 7.18. The standard InChI is InChI=1S/C14H21N3O5/c1-7(4-16-6-15)22-5-9-3-10-11(8(2)18)13(19)17(10)12(9)14(20)21/h6-8,10-11,18H,3-5H2,1-2H3,(H2,15,16)(H,20,21). The minimum atomic E-state index is -1.15. The molecule has 4 unspecified atom stereocenters. The molecular weight excluding hydrogens is 290 g/mol. The molecule has 0 radical (unpaired) electrons. The highest BCUT2D eigenvalue weighted by Gasteiger charge is 2.56. The summed E-state index contributed by atoms with van der Waals surface area (Å²) in [4.78, 5) is 24.7. The molecule has 4 N–H and O–H groups in total. The van der Waals surface area contributed by atoms with Crippen molar-refractivity contribution in [3.05, 3.63) is 11.3 Å². The van der Waals surface area contributed by atoms with Gasteiger partial charge in [0, 0.05) is 6.54 Å². The molecule has 0 spiro atoms. The van der Waals surface area contributed by atoms with Crippen LogP contribution in [0, 0.1) is 11.3 Å². The van der Waals surface area contributed by atoms with Crippen LogP contribution in [0.1, 0.15) is 20.3 Å². The highest BCUT2D eigenvalue weighted by Crippen LogP contribution is 2.43. The Morgan fingerprint density at radius 2 is 2.27 bits per heavy atom. The summed E-state index contributed by atoms with van der Waals surface area (Å²) >= 11 is 0. The van der Waals surface area contributed by atoms with Crippen LogP contribution in [0.25, 0.3) is 0 Å². The van der Waals surface area contributed by atoms with Crippen LogP contribution in [-0.4, -0.2) is 64.7 Å². The smallest absolute Gasteiger partial charge is 0.352 e. The maximum absolute atomic E-state index is 12.0. The summed E-state index contributed by atoms with van der Waals surface area (Å²) in [5, 5.41) is 28.6. The van der Waals surface area contributed by atoms with E-state index in [1.165, 1.54) is 4.90 Å². The van der Waals surface area contributed by atoms with Crippen molar-refractivity contribution in [2.24, 2.45) is 5.92 Å². The molecule has 2 aliphatic rings. The van der Waals surface area contributed by atoms with Gasteiger partial charge in [-0.1, -0.05) is 0 Å². The van der Waals surface area contributed by atoms with Crippen molar-refractivity contribution in [1.29, 1.82) is 5.41 Å². The highest BCUT2D eigenvalue weighted by molar-refractivity contribution is 5.99. The van der Waals surface area contributed by atoms with E-state index in [0.717, 1.165) is 6.34 Å². The number of aliphatic hydroxyl groups excluding tert-OH is 1. The van der Waals surface area contributed by atoms with Gasteiger partial charge < -0.3 is 25.2 Å². The number of hydrogen-bond donors (Lipinski definition) is 4. The first-order chi connectivity index (χ1) is 10.4. The molecule has 122 valence electrons. The fourth-order valence-corrected chi connectivity index (χ4v) is 3.02. The Morgan fingerprint density at radius 1 is 1.59 bits per heavy atom. The molecule has 2 aliphatic heterocycles. The molecule has 2 rings (SSSR count). The minimum absolute atomic E-state index is 0.0147. The average Bonchev–Trinajstić information content (AvgIpc) is 2.76. The maximum Gasteiger partial charge on any atom is 0.352 e. The molecule has 1 amide bonds. The lowest BCUT2D eigenvalue weighted by molar-refractivity contribution is -0.161. The number of hydrogen-bond acceptors (Lipinski definition) is 5. The number of carboxylic acids is 1. The van der Waals surface area contributed by atoms with E-state index < -0.39 is 18.0 Å². The van der Waals surface area contributed by atoms with Gasteiger partial charge in [0.2, 0.25) is 5.91 Å². The van der Waals surface area contributed by atoms with E-state index in [0.29, 0.717) is 18.5 Å². The van der Waals surface area contributed by atoms with E-state index in [4.69, 9.17) is 10.1 Å². The predicted octanol–water partition coefficient (Wildman–Crippen LogP) is -0.462. The Kier molecular flexibility index (Phi) is 4.82. The number of carboxylic acid groups (broad SMARTS) is 1. The number of β-lactam (4-membered cyclic amide) rings is 1. The van der Waals surface area contributed by atoms with Crippen LogP contribution in [0.4, 0.5) is 0 Å². The quantitative estimate of drug-likeness (QED) is 0.273. The van der Waals surface area contributed by atoms with Crippen molar-refractivity contribution < 1.29 is 24.5 Å². The van der Waals surface area contributed by atoms with Gasteiger partial charge in [-0.25, -0.2) is 4.79 Å². The Bertz CT molecular complexity index is 517. The number of amides is 1. The molecule has 0 aromatic carbocycles. The summed E-state index contributed by atoms with van der Waals surface area (Å²) in [6, 6.07) is -0.285. The molecule has 0 aromatic rings. The third kappa shape index (κ3) is 2.84. The number of carbonyl (C=O) groups excluding carboxylic acids is 1. The van der Waals surface area contributed by atoms with Gasteiger partial charge in [0.1, 0.15) is 5.70 Å². The first kappa shape index (κ1) is 16.4. The van der Waals surface area contributed by atoms with Crippen LogP contribution in [0.5, 0.6) is 0 Å². The summed E-state index contributed by atoms with van der Waals surface area (Å²) in [7, 11) is 0. The molecule has 0 saturated carbocycles. The number of rotatable bonds is 8. The van der Waals surface area contributed by atoms with E-state index in [1.807, 2.05) is 6.92 Å². The zero-order chi connectivity index (χ0) is 16.4. The van der Waals surface area contributed by atoms with E-state index in [9.17, 15) is 19.8 Å². The Labute approximate surface area is 128 Å². The molecule has 1 saturated heterocycles. The second-order valence-electron chi connectivity index (χ2n) is 5.68. The fourth-order valence-electron chi connectivity index (χ4n) is 3.02. The molecule has 1 fully saturated rings. The monoisotopic (exact) mass is 311 g/mol. The summed E-state index contributed by atoms with van der Waals surface area (Å²) in [5.74, 6) is -2.03. The zero-order valence-electron chi connectivity index (χ0n) is 12.6. The maximum atomic E-state index is 12.0. The topological polar surface area (TPSA) is 123 Å². The molecule has 8 nitrogen and oxygen atoms in total.